The van der Waals surface area contributed by atoms with Gasteiger partial charge < -0.3 is 14.8 Å². The van der Waals surface area contributed by atoms with E-state index in [0.29, 0.717) is 21.9 Å². The predicted molar refractivity (Wildman–Crippen MR) is 94.5 cm³/mol. The van der Waals surface area contributed by atoms with Crippen molar-refractivity contribution in [3.63, 3.8) is 0 Å². The molecule has 0 bridgehead atoms. The number of benzene rings is 2. The quantitative estimate of drug-likeness (QED) is 0.655. The summed E-state index contributed by atoms with van der Waals surface area (Å²) < 4.78 is 10.2. The average Bonchev–Trinajstić information content (AvgIpc) is 2.50. The van der Waals surface area contributed by atoms with Crippen molar-refractivity contribution in [2.45, 2.75) is 27.3 Å². The molecule has 0 aliphatic rings. The van der Waals surface area contributed by atoms with Crippen LogP contribution in [0.15, 0.2) is 48.5 Å². The summed E-state index contributed by atoms with van der Waals surface area (Å²) in [7, 11) is 0. The summed E-state index contributed by atoms with van der Waals surface area (Å²) in [6, 6.07) is 13.9. The molecule has 0 saturated heterocycles. The lowest BCUT2D eigenvalue weighted by Gasteiger charge is -2.15. The molecule has 0 heterocycles. The van der Waals surface area contributed by atoms with E-state index in [2.05, 4.69) is 26.1 Å². The minimum atomic E-state index is -0.774. The van der Waals surface area contributed by atoms with E-state index in [9.17, 15) is 4.79 Å². The Morgan fingerprint density at radius 2 is 1.46 bits per heavy atom. The molecule has 0 amide bonds. The summed E-state index contributed by atoms with van der Waals surface area (Å²) in [6.45, 7) is 8.59. The molecule has 0 saturated carbocycles. The smallest absolute Gasteiger partial charge is 0.395 e. The Kier molecular flexibility index (Phi) is 6.23. The third-order valence-corrected chi connectivity index (χ3v) is 3.53. The zero-order chi connectivity index (χ0) is 17.6. The van der Waals surface area contributed by atoms with E-state index in [1.165, 1.54) is 5.56 Å². The van der Waals surface area contributed by atoms with Crippen molar-refractivity contribution in [2.75, 3.05) is 6.54 Å². The maximum atomic E-state index is 11.8. The van der Waals surface area contributed by atoms with E-state index >= 15 is 0 Å². The van der Waals surface area contributed by atoms with Gasteiger partial charge in [0.05, 0.1) is 6.54 Å². The Morgan fingerprint density at radius 3 is 1.96 bits per heavy atom. The highest BCUT2D eigenvalue weighted by molar-refractivity contribution is 6.30. The van der Waals surface area contributed by atoms with Gasteiger partial charge in [0.1, 0.15) is 18.0 Å². The van der Waals surface area contributed by atoms with Crippen molar-refractivity contribution >= 4 is 17.8 Å². The van der Waals surface area contributed by atoms with Crippen LogP contribution < -0.4 is 14.8 Å². The molecule has 24 heavy (non-hydrogen) atoms. The minimum absolute atomic E-state index is 0.300. The van der Waals surface area contributed by atoms with Crippen LogP contribution in [0, 0.1) is 5.41 Å². The molecule has 0 unspecified atom stereocenters. The number of hydrogen-bond donors (Lipinski definition) is 1. The van der Waals surface area contributed by atoms with Crippen molar-refractivity contribution in [1.82, 2.24) is 0 Å². The first-order chi connectivity index (χ1) is 11.3. The minimum Gasteiger partial charge on any atom is -0.395 e. The van der Waals surface area contributed by atoms with Gasteiger partial charge in [-0.2, -0.15) is 0 Å². The zero-order valence-electron chi connectivity index (χ0n) is 14.2. The van der Waals surface area contributed by atoms with Gasteiger partial charge in [-0.05, 0) is 48.5 Å². The fourth-order valence-corrected chi connectivity index (χ4v) is 2.21. The molecule has 0 spiro atoms. The van der Waals surface area contributed by atoms with Crippen LogP contribution >= 0.6 is 11.6 Å². The largest absolute Gasteiger partial charge is 0.519 e. The second kappa shape index (κ2) is 8.18. The van der Waals surface area contributed by atoms with Crippen molar-refractivity contribution < 1.29 is 19.6 Å². The lowest BCUT2D eigenvalue weighted by atomic mass is 9.97. The molecule has 0 aromatic heterocycles. The standard InChI is InChI=1S/C19H22ClNO3/c1-19(2,3)13-21-12-14-4-8-16(9-5-14)23-18(22)24-17-10-6-15(20)7-11-17/h4-11,21H,12-13H2,1-3H3/p+1. The van der Waals surface area contributed by atoms with Crippen LogP contribution in [-0.4, -0.2) is 12.7 Å². The molecule has 0 aliphatic carbocycles. The summed E-state index contributed by atoms with van der Waals surface area (Å²) >= 11 is 5.78. The third kappa shape index (κ3) is 6.60. The molecular formula is C19H23ClNO3+. The zero-order valence-corrected chi connectivity index (χ0v) is 15.0. The molecule has 2 aromatic rings. The number of nitrogens with two attached hydrogens (primary N) is 1. The first kappa shape index (κ1) is 18.3. The van der Waals surface area contributed by atoms with Crippen LogP contribution in [0.25, 0.3) is 0 Å². The van der Waals surface area contributed by atoms with Crippen LogP contribution in [0.4, 0.5) is 4.79 Å². The molecule has 0 radical (unpaired) electrons. The molecule has 128 valence electrons. The van der Waals surface area contributed by atoms with Gasteiger partial charge in [0.25, 0.3) is 0 Å². The van der Waals surface area contributed by atoms with Gasteiger partial charge in [0.2, 0.25) is 0 Å². The lowest BCUT2D eigenvalue weighted by Crippen LogP contribution is -2.84. The van der Waals surface area contributed by atoms with Crippen molar-refractivity contribution in [2.24, 2.45) is 5.41 Å². The highest BCUT2D eigenvalue weighted by Gasteiger charge is 2.12. The van der Waals surface area contributed by atoms with Crippen LogP contribution in [0.5, 0.6) is 11.5 Å². The van der Waals surface area contributed by atoms with Crippen LogP contribution in [-0.2, 0) is 6.54 Å². The molecule has 5 heteroatoms. The molecular weight excluding hydrogens is 326 g/mol. The van der Waals surface area contributed by atoms with Crippen molar-refractivity contribution in [3.05, 3.63) is 59.1 Å². The lowest BCUT2D eigenvalue weighted by molar-refractivity contribution is -0.680. The fourth-order valence-electron chi connectivity index (χ4n) is 2.08. The van der Waals surface area contributed by atoms with Gasteiger partial charge in [0, 0.05) is 16.0 Å². The summed E-state index contributed by atoms with van der Waals surface area (Å²) in [5.74, 6) is 0.839. The van der Waals surface area contributed by atoms with E-state index < -0.39 is 6.16 Å². The number of carbonyl (C=O) groups is 1. The van der Waals surface area contributed by atoms with Gasteiger partial charge in [-0.1, -0.05) is 32.4 Å². The van der Waals surface area contributed by atoms with Gasteiger partial charge >= 0.3 is 6.16 Å². The summed E-state index contributed by atoms with van der Waals surface area (Å²) in [5, 5.41) is 2.85. The number of halogens is 1. The number of rotatable bonds is 5. The fraction of sp³-hybridized carbons (Fsp3) is 0.316. The van der Waals surface area contributed by atoms with Crippen LogP contribution in [0.1, 0.15) is 26.3 Å². The molecule has 4 nitrogen and oxygen atoms in total. The van der Waals surface area contributed by atoms with Crippen LogP contribution in [0.3, 0.4) is 0 Å². The number of quaternary nitrogens is 1. The van der Waals surface area contributed by atoms with Gasteiger partial charge in [-0.15, -0.1) is 0 Å². The molecule has 0 fully saturated rings. The van der Waals surface area contributed by atoms with Crippen molar-refractivity contribution in [1.29, 1.82) is 0 Å². The number of ether oxygens (including phenoxy) is 2. The normalized spacial score (nSPS) is 11.2. The summed E-state index contributed by atoms with van der Waals surface area (Å²) in [6.07, 6.45) is -0.774. The number of hydrogen-bond acceptors (Lipinski definition) is 3. The second-order valence-electron chi connectivity index (χ2n) is 6.81. The monoisotopic (exact) mass is 348 g/mol. The Hall–Kier alpha value is -2.04. The average molecular weight is 349 g/mol. The van der Waals surface area contributed by atoms with E-state index in [0.717, 1.165) is 13.1 Å². The maximum Gasteiger partial charge on any atom is 0.519 e. The topological polar surface area (TPSA) is 52.1 Å². The summed E-state index contributed by atoms with van der Waals surface area (Å²) in [5.41, 5.74) is 1.48. The first-order valence-corrected chi connectivity index (χ1v) is 8.25. The Labute approximate surface area is 147 Å². The maximum absolute atomic E-state index is 11.8. The van der Waals surface area contributed by atoms with Crippen LogP contribution in [0.2, 0.25) is 5.02 Å². The Morgan fingerprint density at radius 1 is 0.958 bits per heavy atom. The molecule has 2 rings (SSSR count). The first-order valence-electron chi connectivity index (χ1n) is 7.88. The van der Waals surface area contributed by atoms with E-state index in [1.807, 2.05) is 12.1 Å². The molecule has 0 atom stereocenters. The van der Waals surface area contributed by atoms with E-state index in [1.54, 1.807) is 36.4 Å². The van der Waals surface area contributed by atoms with Crippen molar-refractivity contribution in [3.8, 4) is 11.5 Å². The summed E-state index contributed by atoms with van der Waals surface area (Å²) in [4.78, 5) is 11.8. The molecule has 0 aliphatic heterocycles. The second-order valence-corrected chi connectivity index (χ2v) is 7.25. The Balaban J connectivity index is 1.82. The van der Waals surface area contributed by atoms with E-state index in [4.69, 9.17) is 21.1 Å². The molecule has 2 aromatic carbocycles. The molecule has 2 N–H and O–H groups in total. The number of carbonyl (C=O) groups excluding carboxylic acids is 1. The highest BCUT2D eigenvalue weighted by Crippen LogP contribution is 2.17. The van der Waals surface area contributed by atoms with Gasteiger partial charge in [0.15, 0.2) is 0 Å². The SMILES string of the molecule is CC(C)(C)C[NH2+]Cc1ccc(OC(=O)Oc2ccc(Cl)cc2)cc1. The Bertz CT molecular complexity index is 661. The highest BCUT2D eigenvalue weighted by atomic mass is 35.5. The van der Waals surface area contributed by atoms with Gasteiger partial charge in [-0.3, -0.25) is 0 Å². The van der Waals surface area contributed by atoms with E-state index in [-0.39, 0.29) is 0 Å². The third-order valence-electron chi connectivity index (χ3n) is 3.28. The predicted octanol–water partition coefficient (Wildman–Crippen LogP) is 4.03. The van der Waals surface area contributed by atoms with Gasteiger partial charge in [-0.25, -0.2) is 4.79 Å².